The van der Waals surface area contributed by atoms with E-state index < -0.39 is 0 Å². The molecule has 3 aromatic heterocycles. The van der Waals surface area contributed by atoms with Crippen LogP contribution in [0.2, 0.25) is 0 Å². The number of hydrogen-bond acceptors (Lipinski definition) is 4. The number of aromatic nitrogens is 2. The van der Waals surface area contributed by atoms with E-state index in [0.717, 1.165) is 66.4 Å². The summed E-state index contributed by atoms with van der Waals surface area (Å²) in [5.41, 5.74) is 16.2. The molecule has 1 aliphatic rings. The van der Waals surface area contributed by atoms with Gasteiger partial charge >= 0.3 is 0 Å². The maximum Gasteiger partial charge on any atom is 0.180 e. The first kappa shape index (κ1) is 29.9. The summed E-state index contributed by atoms with van der Waals surface area (Å²) in [6.45, 7) is 4.61. The third-order valence-corrected chi connectivity index (χ3v) is 11.1. The Bertz CT molecular complexity index is 3090. The molecule has 0 amide bonds. The first-order chi connectivity index (χ1) is 26.0. The minimum Gasteiger partial charge on any atom is -0.456 e. The van der Waals surface area contributed by atoms with Gasteiger partial charge < -0.3 is 8.83 Å². The Morgan fingerprint density at radius 2 is 1.09 bits per heavy atom. The van der Waals surface area contributed by atoms with Crippen molar-refractivity contribution in [2.24, 2.45) is 0 Å². The SMILES string of the molecule is CC1(C)c2ccccc2-c2ccc(-c3nc(-c4cccc5oc6ccc(-c7ccccc7-c7ccccc7)cc6c45)c4oc5ccccc5c4n3)cc21. The standard InChI is InChI=1S/C49H32N2O2/c1-49(2)39-20-10-8-17-34(39)35-25-23-31(28-40(35)49)48-50-45-36-18-9-11-21-41(36)53-47(45)46(51-48)37-19-12-22-43-44(37)38-27-30(24-26-42(38)52-43)33-16-7-6-15-32(33)29-13-4-3-5-14-29/h3-28H,1-2H3. The Kier molecular flexibility index (Phi) is 6.27. The van der Waals surface area contributed by atoms with Crippen LogP contribution in [0.5, 0.6) is 0 Å². The molecule has 0 unspecified atom stereocenters. The molecule has 0 bridgehead atoms. The van der Waals surface area contributed by atoms with Crippen LogP contribution in [-0.2, 0) is 5.41 Å². The zero-order valence-corrected chi connectivity index (χ0v) is 29.2. The van der Waals surface area contributed by atoms with E-state index in [4.69, 9.17) is 18.8 Å². The normalized spacial score (nSPS) is 13.2. The average Bonchev–Trinajstić information content (AvgIpc) is 3.85. The monoisotopic (exact) mass is 680 g/mol. The molecule has 10 aromatic rings. The Balaban J connectivity index is 1.15. The van der Waals surface area contributed by atoms with Crippen LogP contribution >= 0.6 is 0 Å². The highest BCUT2D eigenvalue weighted by Gasteiger charge is 2.35. The second-order valence-electron chi connectivity index (χ2n) is 14.5. The molecule has 7 aromatic carbocycles. The first-order valence-electron chi connectivity index (χ1n) is 18.1. The summed E-state index contributed by atoms with van der Waals surface area (Å²) in [7, 11) is 0. The summed E-state index contributed by atoms with van der Waals surface area (Å²) < 4.78 is 13.2. The highest BCUT2D eigenvalue weighted by molar-refractivity contribution is 6.16. The highest BCUT2D eigenvalue weighted by atomic mass is 16.3. The van der Waals surface area contributed by atoms with Gasteiger partial charge in [-0.1, -0.05) is 135 Å². The number of hydrogen-bond donors (Lipinski definition) is 0. The van der Waals surface area contributed by atoms with Crippen LogP contribution in [0.25, 0.3) is 100 Å². The lowest BCUT2D eigenvalue weighted by molar-refractivity contribution is 0.660. The fraction of sp³-hybridized carbons (Fsp3) is 0.0612. The molecule has 0 radical (unpaired) electrons. The van der Waals surface area contributed by atoms with Gasteiger partial charge in [-0.2, -0.15) is 0 Å². The predicted molar refractivity (Wildman–Crippen MR) is 216 cm³/mol. The zero-order chi connectivity index (χ0) is 35.3. The lowest BCUT2D eigenvalue weighted by Gasteiger charge is -2.21. The van der Waals surface area contributed by atoms with Crippen molar-refractivity contribution in [2.45, 2.75) is 19.3 Å². The molecule has 0 spiro atoms. The van der Waals surface area contributed by atoms with Gasteiger partial charge in [0.2, 0.25) is 0 Å². The molecule has 0 fully saturated rings. The summed E-state index contributed by atoms with van der Waals surface area (Å²) in [4.78, 5) is 10.6. The Hall–Kier alpha value is -6.78. The molecule has 4 nitrogen and oxygen atoms in total. The summed E-state index contributed by atoms with van der Waals surface area (Å²) >= 11 is 0. The zero-order valence-electron chi connectivity index (χ0n) is 29.2. The molecular weight excluding hydrogens is 649 g/mol. The fourth-order valence-corrected chi connectivity index (χ4v) is 8.54. The van der Waals surface area contributed by atoms with E-state index in [0.29, 0.717) is 11.4 Å². The van der Waals surface area contributed by atoms with Crippen molar-refractivity contribution < 1.29 is 8.83 Å². The van der Waals surface area contributed by atoms with E-state index in [1.54, 1.807) is 0 Å². The molecule has 4 heteroatoms. The summed E-state index contributed by atoms with van der Waals surface area (Å²) in [6, 6.07) is 55.3. The maximum absolute atomic E-state index is 6.62. The topological polar surface area (TPSA) is 52.1 Å². The van der Waals surface area contributed by atoms with Gasteiger partial charge in [-0.15, -0.1) is 0 Å². The summed E-state index contributed by atoms with van der Waals surface area (Å²) in [6.07, 6.45) is 0. The fourth-order valence-electron chi connectivity index (χ4n) is 8.54. The van der Waals surface area contributed by atoms with E-state index in [-0.39, 0.29) is 5.41 Å². The lowest BCUT2D eigenvalue weighted by Crippen LogP contribution is -2.15. The van der Waals surface area contributed by atoms with Gasteiger partial charge in [-0.05, 0) is 80.9 Å². The Labute approximate surface area is 306 Å². The van der Waals surface area contributed by atoms with E-state index in [2.05, 4.69) is 141 Å². The van der Waals surface area contributed by atoms with Crippen molar-refractivity contribution in [3.8, 4) is 56.0 Å². The largest absolute Gasteiger partial charge is 0.456 e. The average molecular weight is 681 g/mol. The van der Waals surface area contributed by atoms with Gasteiger partial charge in [0.1, 0.15) is 28.0 Å². The van der Waals surface area contributed by atoms with E-state index in [1.165, 1.54) is 33.4 Å². The lowest BCUT2D eigenvalue weighted by atomic mass is 9.82. The molecule has 0 aliphatic heterocycles. The number of para-hydroxylation sites is 1. The predicted octanol–water partition coefficient (Wildman–Crippen LogP) is 13.2. The molecule has 3 heterocycles. The number of furan rings is 2. The van der Waals surface area contributed by atoms with E-state index in [9.17, 15) is 0 Å². The molecule has 53 heavy (non-hydrogen) atoms. The summed E-state index contributed by atoms with van der Waals surface area (Å²) in [5.74, 6) is 0.663. The third kappa shape index (κ3) is 4.42. The minimum absolute atomic E-state index is 0.144. The highest BCUT2D eigenvalue weighted by Crippen LogP contribution is 2.50. The van der Waals surface area contributed by atoms with Crippen LogP contribution in [0.1, 0.15) is 25.0 Å². The van der Waals surface area contributed by atoms with Crippen molar-refractivity contribution in [1.29, 1.82) is 0 Å². The Morgan fingerprint density at radius 1 is 0.434 bits per heavy atom. The van der Waals surface area contributed by atoms with Crippen LogP contribution in [-0.4, -0.2) is 9.97 Å². The van der Waals surface area contributed by atoms with Crippen LogP contribution < -0.4 is 0 Å². The second-order valence-corrected chi connectivity index (χ2v) is 14.5. The molecular formula is C49H32N2O2. The molecule has 11 rings (SSSR count). The molecule has 0 saturated carbocycles. The first-order valence-corrected chi connectivity index (χ1v) is 18.1. The quantitative estimate of drug-likeness (QED) is 0.186. The maximum atomic E-state index is 6.62. The molecule has 0 atom stereocenters. The number of fused-ring (bicyclic) bond motifs is 9. The van der Waals surface area contributed by atoms with Crippen molar-refractivity contribution >= 4 is 44.0 Å². The van der Waals surface area contributed by atoms with Gasteiger partial charge in [0.15, 0.2) is 11.4 Å². The third-order valence-electron chi connectivity index (χ3n) is 11.1. The van der Waals surface area contributed by atoms with Crippen molar-refractivity contribution in [2.75, 3.05) is 0 Å². The van der Waals surface area contributed by atoms with E-state index in [1.807, 2.05) is 30.3 Å². The van der Waals surface area contributed by atoms with Gasteiger partial charge in [0.25, 0.3) is 0 Å². The molecule has 1 aliphatic carbocycles. The van der Waals surface area contributed by atoms with Crippen molar-refractivity contribution in [3.63, 3.8) is 0 Å². The van der Waals surface area contributed by atoms with Gasteiger partial charge in [0.05, 0.1) is 0 Å². The molecule has 0 saturated heterocycles. The minimum atomic E-state index is -0.144. The smallest absolute Gasteiger partial charge is 0.180 e. The van der Waals surface area contributed by atoms with Crippen LogP contribution in [0.15, 0.2) is 167 Å². The second kappa shape index (κ2) is 11.1. The van der Waals surface area contributed by atoms with E-state index >= 15 is 0 Å². The van der Waals surface area contributed by atoms with Gasteiger partial charge in [0, 0.05) is 32.7 Å². The number of rotatable bonds is 4. The van der Waals surface area contributed by atoms with Crippen molar-refractivity contribution in [1.82, 2.24) is 9.97 Å². The summed E-state index contributed by atoms with van der Waals surface area (Å²) in [5, 5.41) is 2.99. The van der Waals surface area contributed by atoms with Crippen LogP contribution in [0, 0.1) is 0 Å². The number of benzene rings is 7. The van der Waals surface area contributed by atoms with Crippen LogP contribution in [0.4, 0.5) is 0 Å². The number of nitrogens with zero attached hydrogens (tertiary/aromatic N) is 2. The molecule has 250 valence electrons. The van der Waals surface area contributed by atoms with Crippen LogP contribution in [0.3, 0.4) is 0 Å². The van der Waals surface area contributed by atoms with Gasteiger partial charge in [-0.25, -0.2) is 9.97 Å². The van der Waals surface area contributed by atoms with Crippen molar-refractivity contribution in [3.05, 3.63) is 169 Å². The van der Waals surface area contributed by atoms with Gasteiger partial charge in [-0.3, -0.25) is 0 Å². The molecule has 0 N–H and O–H groups in total. The Morgan fingerprint density at radius 3 is 1.96 bits per heavy atom.